The summed E-state index contributed by atoms with van der Waals surface area (Å²) in [6.45, 7) is 5.52. The Bertz CT molecular complexity index is 616. The number of hydrogen-bond acceptors (Lipinski definition) is 4. The Morgan fingerprint density at radius 2 is 1.95 bits per heavy atom. The fourth-order valence-corrected chi connectivity index (χ4v) is 2.59. The van der Waals surface area contributed by atoms with Gasteiger partial charge in [-0.05, 0) is 49.9 Å². The second-order valence-electron chi connectivity index (χ2n) is 5.61. The van der Waals surface area contributed by atoms with Crippen LogP contribution in [-0.4, -0.2) is 18.7 Å². The molecule has 5 heteroatoms. The SMILES string of the molecule is CNc1cc(-c2cccs2)ccc1NC(=O)OC(C)(C)C. The smallest absolute Gasteiger partial charge is 0.412 e. The van der Waals surface area contributed by atoms with Crippen LogP contribution in [0.15, 0.2) is 35.7 Å². The normalized spacial score (nSPS) is 11.0. The second-order valence-corrected chi connectivity index (χ2v) is 6.56. The molecule has 0 saturated heterocycles. The molecule has 21 heavy (non-hydrogen) atoms. The number of hydrogen-bond donors (Lipinski definition) is 2. The van der Waals surface area contributed by atoms with Crippen molar-refractivity contribution in [1.82, 2.24) is 0 Å². The highest BCUT2D eigenvalue weighted by molar-refractivity contribution is 7.13. The van der Waals surface area contributed by atoms with Gasteiger partial charge in [0.25, 0.3) is 0 Å². The van der Waals surface area contributed by atoms with Crippen LogP contribution in [0.5, 0.6) is 0 Å². The summed E-state index contributed by atoms with van der Waals surface area (Å²) in [6.07, 6.45) is -0.456. The molecule has 2 N–H and O–H groups in total. The van der Waals surface area contributed by atoms with Gasteiger partial charge < -0.3 is 10.1 Å². The lowest BCUT2D eigenvalue weighted by molar-refractivity contribution is 0.0636. The molecule has 0 atom stereocenters. The van der Waals surface area contributed by atoms with E-state index in [0.717, 1.165) is 11.3 Å². The van der Waals surface area contributed by atoms with Crippen molar-refractivity contribution in [2.45, 2.75) is 26.4 Å². The fourth-order valence-electron chi connectivity index (χ4n) is 1.87. The highest BCUT2D eigenvalue weighted by atomic mass is 32.1. The molecule has 2 rings (SSSR count). The average molecular weight is 304 g/mol. The third-order valence-electron chi connectivity index (χ3n) is 2.73. The molecule has 1 aromatic heterocycles. The summed E-state index contributed by atoms with van der Waals surface area (Å²) in [6, 6.07) is 9.97. The number of nitrogens with one attached hydrogen (secondary N) is 2. The van der Waals surface area contributed by atoms with Crippen molar-refractivity contribution in [2.24, 2.45) is 0 Å². The van der Waals surface area contributed by atoms with Gasteiger partial charge in [0.15, 0.2) is 0 Å². The van der Waals surface area contributed by atoms with Gasteiger partial charge in [0.1, 0.15) is 5.60 Å². The van der Waals surface area contributed by atoms with E-state index in [-0.39, 0.29) is 0 Å². The maximum Gasteiger partial charge on any atom is 0.412 e. The summed E-state index contributed by atoms with van der Waals surface area (Å²) in [4.78, 5) is 13.0. The molecule has 0 bridgehead atoms. The largest absolute Gasteiger partial charge is 0.444 e. The van der Waals surface area contributed by atoms with E-state index in [9.17, 15) is 4.79 Å². The molecule has 0 spiro atoms. The molecule has 0 aliphatic heterocycles. The maximum absolute atomic E-state index is 11.9. The maximum atomic E-state index is 11.9. The van der Waals surface area contributed by atoms with Crippen LogP contribution >= 0.6 is 11.3 Å². The van der Waals surface area contributed by atoms with Crippen molar-refractivity contribution in [3.05, 3.63) is 35.7 Å². The van der Waals surface area contributed by atoms with E-state index in [1.807, 2.05) is 57.5 Å². The third-order valence-corrected chi connectivity index (χ3v) is 3.65. The van der Waals surface area contributed by atoms with Gasteiger partial charge in [-0.3, -0.25) is 5.32 Å². The van der Waals surface area contributed by atoms with Crippen LogP contribution in [0.3, 0.4) is 0 Å². The lowest BCUT2D eigenvalue weighted by Crippen LogP contribution is -2.27. The van der Waals surface area contributed by atoms with Gasteiger partial charge in [-0.15, -0.1) is 11.3 Å². The van der Waals surface area contributed by atoms with Gasteiger partial charge in [-0.25, -0.2) is 4.79 Å². The predicted octanol–water partition coefficient (Wildman–Crippen LogP) is 4.80. The van der Waals surface area contributed by atoms with E-state index in [2.05, 4.69) is 16.7 Å². The van der Waals surface area contributed by atoms with Crippen molar-refractivity contribution in [3.63, 3.8) is 0 Å². The number of carbonyl (C=O) groups is 1. The van der Waals surface area contributed by atoms with E-state index < -0.39 is 11.7 Å². The quantitative estimate of drug-likeness (QED) is 0.856. The average Bonchev–Trinajstić information content (AvgIpc) is 2.90. The van der Waals surface area contributed by atoms with Crippen molar-refractivity contribution in [1.29, 1.82) is 0 Å². The zero-order valence-corrected chi connectivity index (χ0v) is 13.5. The molecule has 0 aliphatic carbocycles. The van der Waals surface area contributed by atoms with Crippen molar-refractivity contribution >= 4 is 28.8 Å². The van der Waals surface area contributed by atoms with Crippen LogP contribution in [0.1, 0.15) is 20.8 Å². The monoisotopic (exact) mass is 304 g/mol. The Labute approximate surface area is 129 Å². The van der Waals surface area contributed by atoms with E-state index in [4.69, 9.17) is 4.74 Å². The number of thiophene rings is 1. The van der Waals surface area contributed by atoms with E-state index in [1.54, 1.807) is 11.3 Å². The molecule has 1 aromatic carbocycles. The summed E-state index contributed by atoms with van der Waals surface area (Å²) in [5.41, 5.74) is 2.16. The number of rotatable bonds is 3. The lowest BCUT2D eigenvalue weighted by Gasteiger charge is -2.20. The summed E-state index contributed by atoms with van der Waals surface area (Å²) >= 11 is 1.68. The van der Waals surface area contributed by atoms with Crippen LogP contribution < -0.4 is 10.6 Å². The molecule has 1 amide bonds. The van der Waals surface area contributed by atoms with Crippen LogP contribution in [0.25, 0.3) is 10.4 Å². The molecular formula is C16H20N2O2S. The van der Waals surface area contributed by atoms with Crippen molar-refractivity contribution in [2.75, 3.05) is 17.7 Å². The van der Waals surface area contributed by atoms with E-state index in [0.29, 0.717) is 5.69 Å². The Balaban J connectivity index is 2.19. The molecule has 1 heterocycles. The molecule has 4 nitrogen and oxygen atoms in total. The van der Waals surface area contributed by atoms with Gasteiger partial charge in [-0.2, -0.15) is 0 Å². The first-order valence-electron chi connectivity index (χ1n) is 6.75. The van der Waals surface area contributed by atoms with Crippen LogP contribution in [0.2, 0.25) is 0 Å². The summed E-state index contributed by atoms with van der Waals surface area (Å²) in [5, 5.41) is 7.91. The van der Waals surface area contributed by atoms with Crippen LogP contribution in [0, 0.1) is 0 Å². The molecule has 0 saturated carbocycles. The minimum Gasteiger partial charge on any atom is -0.444 e. The van der Waals surface area contributed by atoms with Gasteiger partial charge in [0.2, 0.25) is 0 Å². The fraction of sp³-hybridized carbons (Fsp3) is 0.312. The summed E-state index contributed by atoms with van der Waals surface area (Å²) < 4.78 is 5.27. The zero-order chi connectivity index (χ0) is 15.5. The summed E-state index contributed by atoms with van der Waals surface area (Å²) in [7, 11) is 1.83. The van der Waals surface area contributed by atoms with Gasteiger partial charge in [0, 0.05) is 11.9 Å². The molecule has 0 aliphatic rings. The first-order chi connectivity index (χ1) is 9.89. The molecule has 0 fully saturated rings. The van der Waals surface area contributed by atoms with Crippen LogP contribution in [-0.2, 0) is 4.74 Å². The van der Waals surface area contributed by atoms with E-state index >= 15 is 0 Å². The first-order valence-corrected chi connectivity index (χ1v) is 7.63. The standard InChI is InChI=1S/C16H20N2O2S/c1-16(2,3)20-15(19)18-12-8-7-11(10-13(12)17-4)14-6-5-9-21-14/h5-10,17H,1-4H3,(H,18,19). The number of amides is 1. The van der Waals surface area contributed by atoms with Gasteiger partial charge in [0.05, 0.1) is 11.4 Å². The molecule has 0 radical (unpaired) electrons. The summed E-state index contributed by atoms with van der Waals surface area (Å²) in [5.74, 6) is 0. The number of benzene rings is 1. The number of carbonyl (C=O) groups excluding carboxylic acids is 1. The molecule has 2 aromatic rings. The Kier molecular flexibility index (Phi) is 4.53. The lowest BCUT2D eigenvalue weighted by atomic mass is 10.1. The Morgan fingerprint density at radius 1 is 1.19 bits per heavy atom. The van der Waals surface area contributed by atoms with Gasteiger partial charge in [-0.1, -0.05) is 12.1 Å². The topological polar surface area (TPSA) is 50.4 Å². The Hall–Kier alpha value is -2.01. The van der Waals surface area contributed by atoms with Crippen molar-refractivity contribution < 1.29 is 9.53 Å². The van der Waals surface area contributed by atoms with E-state index in [1.165, 1.54) is 4.88 Å². The van der Waals surface area contributed by atoms with Gasteiger partial charge >= 0.3 is 6.09 Å². The minimum absolute atomic E-state index is 0.456. The highest BCUT2D eigenvalue weighted by Gasteiger charge is 2.17. The van der Waals surface area contributed by atoms with Crippen LogP contribution in [0.4, 0.5) is 16.2 Å². The number of anilines is 2. The second kappa shape index (κ2) is 6.18. The molecular weight excluding hydrogens is 284 g/mol. The number of ether oxygens (including phenoxy) is 1. The molecule has 0 unspecified atom stereocenters. The zero-order valence-electron chi connectivity index (χ0n) is 12.7. The highest BCUT2D eigenvalue weighted by Crippen LogP contribution is 2.31. The minimum atomic E-state index is -0.513. The first kappa shape index (κ1) is 15.4. The molecule has 112 valence electrons. The Morgan fingerprint density at radius 3 is 2.52 bits per heavy atom. The third kappa shape index (κ3) is 4.23. The van der Waals surface area contributed by atoms with Crippen molar-refractivity contribution in [3.8, 4) is 10.4 Å². The predicted molar refractivity (Wildman–Crippen MR) is 89.2 cm³/mol.